The van der Waals surface area contributed by atoms with E-state index in [1.165, 1.54) is 0 Å². The van der Waals surface area contributed by atoms with E-state index in [0.29, 0.717) is 6.61 Å². The van der Waals surface area contributed by atoms with E-state index in [1.807, 2.05) is 243 Å². The van der Waals surface area contributed by atoms with Crippen LogP contribution in [0.25, 0.3) is 0 Å². The van der Waals surface area contributed by atoms with Crippen LogP contribution in [0.3, 0.4) is 0 Å². The lowest BCUT2D eigenvalue weighted by molar-refractivity contribution is -0.412. The van der Waals surface area contributed by atoms with Crippen LogP contribution in [-0.2, 0) is 117 Å². The van der Waals surface area contributed by atoms with Gasteiger partial charge >= 0.3 is 0 Å². The molecule has 4 saturated heterocycles. The van der Waals surface area contributed by atoms with Crippen molar-refractivity contribution in [3.05, 3.63) is 300 Å². The molecule has 1 N–H and O–H groups in total. The zero-order chi connectivity index (χ0) is 63.2. The zero-order valence-corrected chi connectivity index (χ0v) is 52.0. The van der Waals surface area contributed by atoms with Crippen molar-refractivity contribution in [3.63, 3.8) is 0 Å². The Morgan fingerprint density at radius 2 is 0.699 bits per heavy atom. The van der Waals surface area contributed by atoms with E-state index in [4.69, 9.17) is 71.1 Å². The second-order valence-corrected chi connectivity index (χ2v) is 23.4. The van der Waals surface area contributed by atoms with Crippen molar-refractivity contribution in [1.82, 2.24) is 0 Å². The Kier molecular flexibility index (Phi) is 24.3. The largest absolute Gasteiger partial charge is 0.385 e. The molecule has 16 heteroatoms. The fourth-order valence-electron chi connectivity index (χ4n) is 12.0. The average molecular weight is 1260 g/mol. The van der Waals surface area contributed by atoms with E-state index < -0.39 is 98.4 Å². The summed E-state index contributed by atoms with van der Waals surface area (Å²) >= 11 is 0. The molecule has 0 aliphatic carbocycles. The van der Waals surface area contributed by atoms with Crippen LogP contribution in [0.5, 0.6) is 0 Å². The summed E-state index contributed by atoms with van der Waals surface area (Å²) < 4.78 is 105. The highest BCUT2D eigenvalue weighted by Crippen LogP contribution is 2.41. The third-order valence-corrected chi connectivity index (χ3v) is 16.7. The van der Waals surface area contributed by atoms with Gasteiger partial charge in [0.25, 0.3) is 0 Å². The third kappa shape index (κ3) is 18.2. The molecule has 0 amide bonds. The van der Waals surface area contributed by atoms with Gasteiger partial charge in [0, 0.05) is 5.56 Å². The molecule has 93 heavy (non-hydrogen) atoms. The van der Waals surface area contributed by atoms with Crippen LogP contribution >= 0.6 is 0 Å². The fourth-order valence-corrected chi connectivity index (χ4v) is 12.0. The van der Waals surface area contributed by atoms with Gasteiger partial charge in [0.2, 0.25) is 0 Å². The molecule has 8 aromatic rings. The van der Waals surface area contributed by atoms with E-state index in [-0.39, 0.29) is 66.1 Å². The smallest absolute Gasteiger partial charge is 0.187 e. The molecule has 16 nitrogen and oxygen atoms in total. The van der Waals surface area contributed by atoms with Gasteiger partial charge in [0.15, 0.2) is 25.2 Å². The summed E-state index contributed by atoms with van der Waals surface area (Å²) in [6.45, 7) is 5.58. The molecule has 8 aromatic carbocycles. The van der Waals surface area contributed by atoms with Crippen LogP contribution in [0, 0.1) is 0 Å². The molecule has 0 unspecified atom stereocenters. The normalized spacial score (nSPS) is 27.8. The Morgan fingerprint density at radius 3 is 1.11 bits per heavy atom. The van der Waals surface area contributed by atoms with Gasteiger partial charge in [-0.1, -0.05) is 249 Å². The summed E-state index contributed by atoms with van der Waals surface area (Å²) in [4.78, 5) is 0. The van der Waals surface area contributed by atoms with Crippen molar-refractivity contribution in [2.24, 2.45) is 0 Å². The highest BCUT2D eigenvalue weighted by atomic mass is 16.8. The van der Waals surface area contributed by atoms with Crippen LogP contribution in [0.4, 0.5) is 0 Å². The molecule has 0 radical (unpaired) electrons. The Labute approximate surface area is 544 Å². The monoisotopic (exact) mass is 1260 g/mol. The minimum atomic E-state index is -1.48. The Bertz CT molecular complexity index is 3380. The lowest BCUT2D eigenvalue weighted by Crippen LogP contribution is -2.68. The number of hydrogen-bond donors (Lipinski definition) is 1. The predicted octanol–water partition coefficient (Wildman–Crippen LogP) is 12.0. The molecule has 0 saturated carbocycles. The van der Waals surface area contributed by atoms with Gasteiger partial charge in [-0.3, -0.25) is 0 Å². The standard InChI is InChI=1S/C77H82O16/c1-2-43-81-76-72(70(85-49-59-37-21-8-22-38-59)66(82-46-56-31-15-5-16-32-56)62(89-76)51-79-44-54-27-11-3-12-28-54)93-77-73(92-75-65(78)69(84-48-58-35-19-7-20-36-58)68-64(88-75)53-87-74(91-68)61-41-25-10-26-42-61)71(86-50-60-39-23-9-24-40-60)67(83-47-57-33-17-6-18-34-57)63(90-77)52-80-45-55-29-13-4-14-30-55/h2-42,62-78H,1,43-53H2/t62-,63-,64-,65-,66-,67-,68-,69-,70+,71+,72+,73+,74-,75+,76-,77+/m1/s1. The first-order valence-electron chi connectivity index (χ1n) is 32.0. The molecule has 4 aliphatic heterocycles. The number of aliphatic hydroxyl groups is 1. The van der Waals surface area contributed by atoms with Crippen molar-refractivity contribution in [3.8, 4) is 0 Å². The molecule has 0 bridgehead atoms. The number of benzene rings is 8. The van der Waals surface area contributed by atoms with E-state index in [1.54, 1.807) is 6.08 Å². The van der Waals surface area contributed by atoms with Gasteiger partial charge in [0.1, 0.15) is 73.2 Å². The molecular weight excluding hydrogens is 1180 g/mol. The molecule has 16 atom stereocenters. The first kappa shape index (κ1) is 65.9. The SMILES string of the molecule is C=CCO[C@@H]1O[C@H](COCc2ccccc2)[C@@H](OCc2ccccc2)[C@H](OCc2ccccc2)[C@@H]1O[C@@H]1O[C@H](COCc2ccccc2)[C@@H](OCc2ccccc2)[C@H](OCc2ccccc2)[C@@H]1O[C@@H]1O[C@@H]2CO[C@@H](c3ccccc3)O[C@H]2[C@H](OCc2ccccc2)[C@H]1O. The van der Waals surface area contributed by atoms with E-state index in [2.05, 4.69) is 6.58 Å². The Morgan fingerprint density at radius 1 is 0.355 bits per heavy atom. The predicted molar refractivity (Wildman–Crippen MR) is 345 cm³/mol. The van der Waals surface area contributed by atoms with Gasteiger partial charge in [-0.15, -0.1) is 6.58 Å². The molecule has 4 fully saturated rings. The maximum absolute atomic E-state index is 13.1. The van der Waals surface area contributed by atoms with E-state index in [0.717, 1.165) is 44.5 Å². The molecule has 12 rings (SSSR count). The van der Waals surface area contributed by atoms with Crippen molar-refractivity contribution in [2.45, 2.75) is 145 Å². The van der Waals surface area contributed by atoms with Crippen LogP contribution in [0.2, 0.25) is 0 Å². The average Bonchev–Trinajstić information content (AvgIpc) is 0.986. The second kappa shape index (κ2) is 34.3. The maximum atomic E-state index is 13.1. The second-order valence-electron chi connectivity index (χ2n) is 23.4. The van der Waals surface area contributed by atoms with Gasteiger partial charge in [-0.25, -0.2) is 0 Å². The van der Waals surface area contributed by atoms with Gasteiger partial charge < -0.3 is 76.2 Å². The summed E-state index contributed by atoms with van der Waals surface area (Å²) in [5.74, 6) is 0. The number of rotatable bonds is 31. The highest BCUT2D eigenvalue weighted by molar-refractivity contribution is 5.21. The Hall–Kier alpha value is -7.14. The summed E-state index contributed by atoms with van der Waals surface area (Å²) in [5.41, 5.74) is 7.26. The van der Waals surface area contributed by atoms with Crippen LogP contribution in [0.1, 0.15) is 50.8 Å². The molecule has 0 aromatic heterocycles. The first-order chi connectivity index (χ1) is 46.0. The van der Waals surface area contributed by atoms with Crippen LogP contribution < -0.4 is 0 Å². The Balaban J connectivity index is 0.953. The summed E-state index contributed by atoms with van der Waals surface area (Å²) in [5, 5.41) is 13.1. The van der Waals surface area contributed by atoms with Crippen LogP contribution in [0.15, 0.2) is 255 Å². The summed E-state index contributed by atoms with van der Waals surface area (Å²) in [6.07, 6.45) is -15.1. The summed E-state index contributed by atoms with van der Waals surface area (Å²) in [7, 11) is 0. The van der Waals surface area contributed by atoms with Gasteiger partial charge in [0.05, 0.1) is 72.7 Å². The molecule has 486 valence electrons. The molecule has 4 heterocycles. The summed E-state index contributed by atoms with van der Waals surface area (Å²) in [6, 6.07) is 78.8. The lowest BCUT2D eigenvalue weighted by Gasteiger charge is -2.52. The number of ether oxygens (including phenoxy) is 15. The van der Waals surface area contributed by atoms with Gasteiger partial charge in [-0.2, -0.15) is 0 Å². The fraction of sp³-hybridized carbons (Fsp3) is 0.351. The topological polar surface area (TPSA) is 159 Å². The van der Waals surface area contributed by atoms with E-state index in [9.17, 15) is 5.11 Å². The van der Waals surface area contributed by atoms with Crippen molar-refractivity contribution >= 4 is 0 Å². The van der Waals surface area contributed by atoms with Crippen LogP contribution in [-0.4, -0.2) is 124 Å². The minimum Gasteiger partial charge on any atom is -0.385 e. The van der Waals surface area contributed by atoms with Gasteiger partial charge in [-0.05, 0) is 38.9 Å². The number of aliphatic hydroxyl groups excluding tert-OH is 1. The quantitative estimate of drug-likeness (QED) is 0.0409. The molecule has 0 spiro atoms. The first-order valence-corrected chi connectivity index (χ1v) is 32.0. The highest BCUT2D eigenvalue weighted by Gasteiger charge is 2.58. The number of fused-ring (bicyclic) bond motifs is 1. The van der Waals surface area contributed by atoms with Crippen molar-refractivity contribution < 1.29 is 76.2 Å². The zero-order valence-electron chi connectivity index (χ0n) is 52.0. The van der Waals surface area contributed by atoms with E-state index >= 15 is 0 Å². The maximum Gasteiger partial charge on any atom is 0.187 e. The molecular formula is C77H82O16. The molecule has 4 aliphatic rings. The number of hydrogen-bond acceptors (Lipinski definition) is 16. The third-order valence-electron chi connectivity index (χ3n) is 16.7. The minimum absolute atomic E-state index is 0.0141. The van der Waals surface area contributed by atoms with Crippen molar-refractivity contribution in [2.75, 3.05) is 26.4 Å². The lowest BCUT2D eigenvalue weighted by atomic mass is 9.95. The van der Waals surface area contributed by atoms with Crippen molar-refractivity contribution in [1.29, 1.82) is 0 Å².